The van der Waals surface area contributed by atoms with E-state index in [1.807, 2.05) is 41.3 Å². The molecule has 4 rings (SSSR count). The zero-order valence-electron chi connectivity index (χ0n) is 15.1. The molecule has 1 aliphatic heterocycles. The predicted molar refractivity (Wildman–Crippen MR) is 104 cm³/mol. The topological polar surface area (TPSA) is 54.8 Å². The SMILES string of the molecule is O=C(C1CCC1)N(Cc1cccc(Cl)c1)C[C@H]1CC(c2cccnc2)=NO1. The molecular weight excluding hydrogens is 362 g/mol. The van der Waals surface area contributed by atoms with Crippen molar-refractivity contribution in [3.05, 3.63) is 64.9 Å². The molecule has 2 aromatic rings. The molecular formula is C21H22ClN3O2. The summed E-state index contributed by atoms with van der Waals surface area (Å²) < 4.78 is 0. The highest BCUT2D eigenvalue weighted by Crippen LogP contribution is 2.30. The third-order valence-electron chi connectivity index (χ3n) is 5.18. The quantitative estimate of drug-likeness (QED) is 0.755. The summed E-state index contributed by atoms with van der Waals surface area (Å²) in [4.78, 5) is 24.6. The number of carbonyl (C=O) groups excluding carboxylic acids is 1. The molecule has 5 nitrogen and oxygen atoms in total. The average Bonchev–Trinajstić information content (AvgIpc) is 3.09. The summed E-state index contributed by atoms with van der Waals surface area (Å²) in [5.74, 6) is 0.351. The Morgan fingerprint density at radius 2 is 2.15 bits per heavy atom. The Labute approximate surface area is 164 Å². The molecule has 1 fully saturated rings. The minimum absolute atomic E-state index is 0.136. The molecule has 0 radical (unpaired) electrons. The zero-order chi connectivity index (χ0) is 18.6. The lowest BCUT2D eigenvalue weighted by Gasteiger charge is -2.32. The van der Waals surface area contributed by atoms with Crippen molar-refractivity contribution in [1.82, 2.24) is 9.88 Å². The molecule has 0 saturated heterocycles. The Bertz CT molecular complexity index is 836. The van der Waals surface area contributed by atoms with Gasteiger partial charge in [0.15, 0.2) is 6.10 Å². The Hall–Kier alpha value is -2.40. The normalized spacial score (nSPS) is 19.1. The standard InChI is InChI=1S/C21H22ClN3O2/c22-18-8-1-4-15(10-18)13-25(21(26)16-5-2-6-16)14-19-11-20(24-27-19)17-7-3-9-23-12-17/h1,3-4,7-10,12,16,19H,2,5-6,11,13-14H2/t19-/m1/s1. The van der Waals surface area contributed by atoms with Crippen molar-refractivity contribution >= 4 is 23.2 Å². The average molecular weight is 384 g/mol. The largest absolute Gasteiger partial charge is 0.390 e. The number of amides is 1. The predicted octanol–water partition coefficient (Wildman–Crippen LogP) is 4.06. The molecule has 2 heterocycles. The van der Waals surface area contributed by atoms with Crippen LogP contribution in [-0.2, 0) is 16.2 Å². The Balaban J connectivity index is 1.44. The van der Waals surface area contributed by atoms with Crippen molar-refractivity contribution < 1.29 is 9.63 Å². The van der Waals surface area contributed by atoms with Crippen molar-refractivity contribution in [3.8, 4) is 0 Å². The van der Waals surface area contributed by atoms with E-state index < -0.39 is 0 Å². The molecule has 0 N–H and O–H groups in total. The van der Waals surface area contributed by atoms with Gasteiger partial charge in [-0.3, -0.25) is 9.78 Å². The molecule has 1 aromatic carbocycles. The molecule has 0 spiro atoms. The number of nitrogens with zero attached hydrogens (tertiary/aromatic N) is 3. The van der Waals surface area contributed by atoms with Crippen LogP contribution in [0.15, 0.2) is 53.9 Å². The van der Waals surface area contributed by atoms with Gasteiger partial charge < -0.3 is 9.74 Å². The highest BCUT2D eigenvalue weighted by molar-refractivity contribution is 6.30. The van der Waals surface area contributed by atoms with E-state index in [9.17, 15) is 4.79 Å². The Morgan fingerprint density at radius 3 is 2.85 bits per heavy atom. The monoisotopic (exact) mass is 383 g/mol. The first kappa shape index (κ1) is 18.0. The second-order valence-electron chi connectivity index (χ2n) is 7.19. The van der Waals surface area contributed by atoms with E-state index in [1.54, 1.807) is 12.4 Å². The van der Waals surface area contributed by atoms with E-state index >= 15 is 0 Å². The third-order valence-corrected chi connectivity index (χ3v) is 5.42. The van der Waals surface area contributed by atoms with Crippen LogP contribution < -0.4 is 0 Å². The Kier molecular flexibility index (Phi) is 5.39. The summed E-state index contributed by atoms with van der Waals surface area (Å²) in [5, 5.41) is 4.90. The van der Waals surface area contributed by atoms with Crippen molar-refractivity contribution in [2.24, 2.45) is 11.1 Å². The highest BCUT2D eigenvalue weighted by atomic mass is 35.5. The summed E-state index contributed by atoms with van der Waals surface area (Å²) in [6.45, 7) is 1.06. The number of hydrogen-bond donors (Lipinski definition) is 0. The van der Waals surface area contributed by atoms with E-state index in [2.05, 4.69) is 10.1 Å². The fourth-order valence-corrected chi connectivity index (χ4v) is 3.69. The van der Waals surface area contributed by atoms with E-state index in [4.69, 9.17) is 16.4 Å². The summed E-state index contributed by atoms with van der Waals surface area (Å²) in [6.07, 6.45) is 7.16. The second-order valence-corrected chi connectivity index (χ2v) is 7.62. The lowest BCUT2D eigenvalue weighted by molar-refractivity contribution is -0.140. The number of hydrogen-bond acceptors (Lipinski definition) is 4. The summed E-state index contributed by atoms with van der Waals surface area (Å²) >= 11 is 6.11. The second kappa shape index (κ2) is 8.09. The van der Waals surface area contributed by atoms with E-state index in [0.717, 1.165) is 36.1 Å². The molecule has 140 valence electrons. The molecule has 0 unspecified atom stereocenters. The fraction of sp³-hybridized carbons (Fsp3) is 0.381. The van der Waals surface area contributed by atoms with Crippen LogP contribution in [0.25, 0.3) is 0 Å². The minimum Gasteiger partial charge on any atom is -0.390 e. The molecule has 1 saturated carbocycles. The van der Waals surface area contributed by atoms with Crippen molar-refractivity contribution in [2.75, 3.05) is 6.54 Å². The van der Waals surface area contributed by atoms with Crippen LogP contribution in [0.1, 0.15) is 36.8 Å². The van der Waals surface area contributed by atoms with Gasteiger partial charge >= 0.3 is 0 Å². The first-order chi connectivity index (χ1) is 13.2. The first-order valence-electron chi connectivity index (χ1n) is 9.35. The molecule has 1 amide bonds. The molecule has 1 aromatic heterocycles. The number of rotatable bonds is 6. The maximum atomic E-state index is 12.9. The van der Waals surface area contributed by atoms with E-state index in [1.165, 1.54) is 0 Å². The van der Waals surface area contributed by atoms with Gasteiger partial charge in [-0.25, -0.2) is 0 Å². The van der Waals surface area contributed by atoms with Crippen LogP contribution in [0, 0.1) is 5.92 Å². The van der Waals surface area contributed by atoms with Gasteiger partial charge in [-0.15, -0.1) is 0 Å². The van der Waals surface area contributed by atoms with E-state index in [-0.39, 0.29) is 17.9 Å². The maximum absolute atomic E-state index is 12.9. The number of benzene rings is 1. The van der Waals surface area contributed by atoms with Crippen LogP contribution >= 0.6 is 11.6 Å². The maximum Gasteiger partial charge on any atom is 0.226 e. The van der Waals surface area contributed by atoms with Gasteiger partial charge in [0.2, 0.25) is 5.91 Å². The summed E-state index contributed by atoms with van der Waals surface area (Å²) in [5.41, 5.74) is 2.88. The van der Waals surface area contributed by atoms with E-state index in [0.29, 0.717) is 24.5 Å². The van der Waals surface area contributed by atoms with Gasteiger partial charge in [-0.2, -0.15) is 0 Å². The van der Waals surface area contributed by atoms with Gasteiger partial charge in [0, 0.05) is 41.9 Å². The number of carbonyl (C=O) groups is 1. The van der Waals surface area contributed by atoms with Crippen molar-refractivity contribution in [2.45, 2.75) is 38.3 Å². The third kappa shape index (κ3) is 4.30. The lowest BCUT2D eigenvalue weighted by Crippen LogP contribution is -2.42. The molecule has 0 bridgehead atoms. The Morgan fingerprint density at radius 1 is 1.26 bits per heavy atom. The minimum atomic E-state index is -0.136. The van der Waals surface area contributed by atoms with Gasteiger partial charge in [-0.1, -0.05) is 35.3 Å². The van der Waals surface area contributed by atoms with Crippen LogP contribution in [0.4, 0.5) is 0 Å². The first-order valence-corrected chi connectivity index (χ1v) is 9.73. The molecule has 2 aliphatic rings. The van der Waals surface area contributed by atoms with Crippen molar-refractivity contribution in [3.63, 3.8) is 0 Å². The van der Waals surface area contributed by atoms with Crippen LogP contribution in [0.2, 0.25) is 5.02 Å². The molecule has 1 atom stereocenters. The van der Waals surface area contributed by atoms with Crippen LogP contribution in [0.3, 0.4) is 0 Å². The fourth-order valence-electron chi connectivity index (χ4n) is 3.48. The smallest absolute Gasteiger partial charge is 0.226 e. The number of pyridine rings is 1. The van der Waals surface area contributed by atoms with Crippen LogP contribution in [-0.4, -0.2) is 34.2 Å². The number of halogens is 1. The molecule has 1 aliphatic carbocycles. The van der Waals surface area contributed by atoms with Gasteiger partial charge in [0.05, 0.1) is 12.3 Å². The van der Waals surface area contributed by atoms with Gasteiger partial charge in [-0.05, 0) is 42.7 Å². The van der Waals surface area contributed by atoms with Gasteiger partial charge in [0.25, 0.3) is 0 Å². The van der Waals surface area contributed by atoms with Crippen molar-refractivity contribution in [1.29, 1.82) is 0 Å². The number of oxime groups is 1. The zero-order valence-corrected chi connectivity index (χ0v) is 15.8. The van der Waals surface area contributed by atoms with Gasteiger partial charge in [0.1, 0.15) is 0 Å². The molecule has 27 heavy (non-hydrogen) atoms. The molecule has 6 heteroatoms. The lowest BCUT2D eigenvalue weighted by atomic mass is 9.84. The number of aromatic nitrogens is 1. The highest BCUT2D eigenvalue weighted by Gasteiger charge is 2.33. The summed E-state index contributed by atoms with van der Waals surface area (Å²) in [6, 6.07) is 11.5. The van der Waals surface area contributed by atoms with Crippen LogP contribution in [0.5, 0.6) is 0 Å². The summed E-state index contributed by atoms with van der Waals surface area (Å²) in [7, 11) is 0.